The summed E-state index contributed by atoms with van der Waals surface area (Å²) in [6.07, 6.45) is 0.417. The van der Waals surface area contributed by atoms with E-state index in [2.05, 4.69) is 73.0 Å². The SMILES string of the molecule is CC(C)(C)[Si](C)(C)OC1CNCC1O[Si](C)(C)C(C)(C)C. The van der Waals surface area contributed by atoms with Gasteiger partial charge in [0.05, 0.1) is 12.2 Å². The molecule has 21 heavy (non-hydrogen) atoms. The van der Waals surface area contributed by atoms with E-state index in [9.17, 15) is 0 Å². The Balaban J connectivity index is 2.78. The van der Waals surface area contributed by atoms with E-state index in [1.54, 1.807) is 0 Å². The fraction of sp³-hybridized carbons (Fsp3) is 1.00. The fourth-order valence-electron chi connectivity index (χ4n) is 1.98. The van der Waals surface area contributed by atoms with Crippen molar-refractivity contribution in [2.24, 2.45) is 0 Å². The Morgan fingerprint density at radius 2 is 1.00 bits per heavy atom. The Bertz CT molecular complexity index is 322. The second kappa shape index (κ2) is 6.08. The zero-order chi connectivity index (χ0) is 16.7. The van der Waals surface area contributed by atoms with Gasteiger partial charge in [-0.25, -0.2) is 0 Å². The van der Waals surface area contributed by atoms with Crippen molar-refractivity contribution in [2.45, 2.75) is 90.0 Å². The molecule has 0 amide bonds. The molecule has 0 spiro atoms. The third kappa shape index (κ3) is 4.64. The summed E-state index contributed by atoms with van der Waals surface area (Å²) >= 11 is 0. The Kier molecular flexibility index (Phi) is 5.60. The number of nitrogens with one attached hydrogen (secondary N) is 1. The minimum Gasteiger partial charge on any atom is -0.410 e. The molecule has 0 aromatic heterocycles. The molecule has 1 N–H and O–H groups in total. The summed E-state index contributed by atoms with van der Waals surface area (Å²) < 4.78 is 13.2. The van der Waals surface area contributed by atoms with Crippen LogP contribution >= 0.6 is 0 Å². The normalized spacial score (nSPS) is 25.4. The van der Waals surface area contributed by atoms with Gasteiger partial charge in [0.2, 0.25) is 0 Å². The molecule has 0 saturated carbocycles. The molecule has 3 nitrogen and oxygen atoms in total. The lowest BCUT2D eigenvalue weighted by molar-refractivity contribution is 0.0713. The maximum absolute atomic E-state index is 6.61. The van der Waals surface area contributed by atoms with Crippen molar-refractivity contribution in [1.29, 1.82) is 0 Å². The summed E-state index contributed by atoms with van der Waals surface area (Å²) in [4.78, 5) is 0. The maximum Gasteiger partial charge on any atom is 0.192 e. The van der Waals surface area contributed by atoms with Gasteiger partial charge < -0.3 is 14.2 Å². The summed E-state index contributed by atoms with van der Waals surface area (Å²) in [7, 11) is -3.48. The standard InChI is InChI=1S/C16H37NO2Si2/c1-15(2,3)20(7,8)18-13-11-17-12-14(13)19-21(9,10)16(4,5)6/h13-14,17H,11-12H2,1-10H3. The van der Waals surface area contributed by atoms with Crippen LogP contribution in [0.3, 0.4) is 0 Å². The lowest BCUT2D eigenvalue weighted by Crippen LogP contribution is -2.51. The van der Waals surface area contributed by atoms with Crippen LogP contribution in [0.1, 0.15) is 41.5 Å². The molecule has 1 fully saturated rings. The lowest BCUT2D eigenvalue weighted by Gasteiger charge is -2.43. The number of hydrogen-bond acceptors (Lipinski definition) is 3. The van der Waals surface area contributed by atoms with Crippen molar-refractivity contribution in [3.05, 3.63) is 0 Å². The van der Waals surface area contributed by atoms with Gasteiger partial charge in [-0.05, 0) is 36.3 Å². The predicted molar refractivity (Wildman–Crippen MR) is 97.0 cm³/mol. The molecule has 1 heterocycles. The van der Waals surface area contributed by atoms with E-state index in [1.807, 2.05) is 0 Å². The highest BCUT2D eigenvalue weighted by Gasteiger charge is 2.45. The summed E-state index contributed by atoms with van der Waals surface area (Å²) in [5.41, 5.74) is 0. The highest BCUT2D eigenvalue weighted by atomic mass is 28.4. The summed E-state index contributed by atoms with van der Waals surface area (Å²) in [5.74, 6) is 0. The minimum absolute atomic E-state index is 0.208. The Labute approximate surface area is 134 Å². The van der Waals surface area contributed by atoms with Crippen molar-refractivity contribution in [1.82, 2.24) is 5.32 Å². The van der Waals surface area contributed by atoms with Gasteiger partial charge in [0.15, 0.2) is 16.6 Å². The molecule has 2 atom stereocenters. The Morgan fingerprint density at radius 3 is 1.24 bits per heavy atom. The quantitative estimate of drug-likeness (QED) is 0.776. The maximum atomic E-state index is 6.61. The van der Waals surface area contributed by atoms with Gasteiger partial charge in [0, 0.05) is 13.1 Å². The van der Waals surface area contributed by atoms with Crippen LogP contribution in [0.2, 0.25) is 36.3 Å². The van der Waals surface area contributed by atoms with Crippen LogP contribution in [0.4, 0.5) is 0 Å². The first-order valence-corrected chi connectivity index (χ1v) is 14.1. The van der Waals surface area contributed by atoms with E-state index in [0.29, 0.717) is 0 Å². The molecule has 1 aliphatic rings. The second-order valence-electron chi connectivity index (χ2n) is 9.49. The molecule has 1 rings (SSSR count). The third-order valence-corrected chi connectivity index (χ3v) is 14.6. The second-order valence-corrected chi connectivity index (χ2v) is 19.0. The van der Waals surface area contributed by atoms with E-state index in [4.69, 9.17) is 8.85 Å². The largest absolute Gasteiger partial charge is 0.410 e. The zero-order valence-electron chi connectivity index (χ0n) is 15.9. The minimum atomic E-state index is -1.74. The highest BCUT2D eigenvalue weighted by molar-refractivity contribution is 6.74. The van der Waals surface area contributed by atoms with Crippen LogP contribution in [-0.2, 0) is 8.85 Å². The van der Waals surface area contributed by atoms with Crippen LogP contribution in [0.25, 0.3) is 0 Å². The average Bonchev–Trinajstić information content (AvgIpc) is 2.60. The summed E-state index contributed by atoms with van der Waals surface area (Å²) in [6.45, 7) is 24.9. The zero-order valence-corrected chi connectivity index (χ0v) is 17.9. The first-order valence-electron chi connectivity index (χ1n) is 8.24. The fourth-order valence-corrected chi connectivity index (χ4v) is 4.67. The molecular formula is C16H37NO2Si2. The Morgan fingerprint density at radius 1 is 0.714 bits per heavy atom. The molecule has 0 radical (unpaired) electrons. The van der Waals surface area contributed by atoms with Crippen LogP contribution < -0.4 is 5.32 Å². The van der Waals surface area contributed by atoms with E-state index in [0.717, 1.165) is 13.1 Å². The van der Waals surface area contributed by atoms with Crippen LogP contribution in [0.5, 0.6) is 0 Å². The molecule has 126 valence electrons. The van der Waals surface area contributed by atoms with Crippen LogP contribution in [0, 0.1) is 0 Å². The van der Waals surface area contributed by atoms with Crippen LogP contribution in [0.15, 0.2) is 0 Å². The predicted octanol–water partition coefficient (Wildman–Crippen LogP) is 4.37. The molecule has 0 aromatic carbocycles. The van der Waals surface area contributed by atoms with Gasteiger partial charge in [-0.2, -0.15) is 0 Å². The van der Waals surface area contributed by atoms with Crippen molar-refractivity contribution in [3.63, 3.8) is 0 Å². The lowest BCUT2D eigenvalue weighted by atomic mass is 10.2. The molecule has 0 aliphatic carbocycles. The van der Waals surface area contributed by atoms with Gasteiger partial charge in [0.1, 0.15) is 0 Å². The molecule has 0 bridgehead atoms. The molecule has 2 unspecified atom stereocenters. The first kappa shape index (κ1) is 19.4. The van der Waals surface area contributed by atoms with Crippen molar-refractivity contribution in [2.75, 3.05) is 13.1 Å². The molecule has 5 heteroatoms. The van der Waals surface area contributed by atoms with Gasteiger partial charge in [-0.3, -0.25) is 0 Å². The summed E-state index contributed by atoms with van der Waals surface area (Å²) in [6, 6.07) is 0. The highest BCUT2D eigenvalue weighted by Crippen LogP contribution is 2.40. The van der Waals surface area contributed by atoms with Gasteiger partial charge >= 0.3 is 0 Å². The van der Waals surface area contributed by atoms with E-state index in [1.165, 1.54) is 0 Å². The van der Waals surface area contributed by atoms with Crippen LogP contribution in [-0.4, -0.2) is 41.9 Å². The number of hydrogen-bond donors (Lipinski definition) is 1. The summed E-state index contributed by atoms with van der Waals surface area (Å²) in [5, 5.41) is 3.96. The Hall–Kier alpha value is 0.314. The van der Waals surface area contributed by atoms with E-state index < -0.39 is 16.6 Å². The van der Waals surface area contributed by atoms with Crippen molar-refractivity contribution in [3.8, 4) is 0 Å². The smallest absolute Gasteiger partial charge is 0.192 e. The van der Waals surface area contributed by atoms with E-state index >= 15 is 0 Å². The van der Waals surface area contributed by atoms with E-state index in [-0.39, 0.29) is 22.3 Å². The topological polar surface area (TPSA) is 30.5 Å². The molecule has 0 aromatic rings. The molecule has 1 aliphatic heterocycles. The van der Waals surface area contributed by atoms with Gasteiger partial charge in [0.25, 0.3) is 0 Å². The van der Waals surface area contributed by atoms with Gasteiger partial charge in [-0.1, -0.05) is 41.5 Å². The monoisotopic (exact) mass is 331 g/mol. The third-order valence-electron chi connectivity index (χ3n) is 5.61. The van der Waals surface area contributed by atoms with Gasteiger partial charge in [-0.15, -0.1) is 0 Å². The van der Waals surface area contributed by atoms with Crippen molar-refractivity contribution >= 4 is 16.6 Å². The number of rotatable bonds is 4. The average molecular weight is 332 g/mol. The van der Waals surface area contributed by atoms with Crippen molar-refractivity contribution < 1.29 is 8.85 Å². The first-order chi connectivity index (χ1) is 9.17. The molecule has 1 saturated heterocycles. The molecular weight excluding hydrogens is 294 g/mol.